The Kier molecular flexibility index (Phi) is 5.14. The summed E-state index contributed by atoms with van der Waals surface area (Å²) in [5.74, 6) is -0.442. The van der Waals surface area contributed by atoms with Crippen molar-refractivity contribution in [2.45, 2.75) is 26.1 Å². The molecule has 1 aromatic carbocycles. The predicted molar refractivity (Wildman–Crippen MR) is 86.9 cm³/mol. The molecule has 0 saturated carbocycles. The first-order valence-corrected chi connectivity index (χ1v) is 7.83. The number of halogens is 3. The third kappa shape index (κ3) is 4.06. The molecule has 0 saturated heterocycles. The minimum absolute atomic E-state index is 0.113. The van der Waals surface area contributed by atoms with Crippen LogP contribution in [-0.4, -0.2) is 11.9 Å². The quantitative estimate of drug-likeness (QED) is 0.857. The number of aryl methyl sites for hydroxylation is 1. The summed E-state index contributed by atoms with van der Waals surface area (Å²) in [5.41, 5.74) is -0.0926. The van der Waals surface area contributed by atoms with Crippen LogP contribution in [0.15, 0.2) is 29.6 Å². The molecule has 0 bridgehead atoms. The van der Waals surface area contributed by atoms with Crippen molar-refractivity contribution >= 4 is 27.9 Å². The van der Waals surface area contributed by atoms with Gasteiger partial charge in [-0.2, -0.15) is 18.4 Å². The van der Waals surface area contributed by atoms with Crippen LogP contribution in [0.3, 0.4) is 0 Å². The lowest BCUT2D eigenvalue weighted by Crippen LogP contribution is -2.31. The van der Waals surface area contributed by atoms with Gasteiger partial charge in [-0.1, -0.05) is 6.07 Å². The lowest BCUT2D eigenvalue weighted by molar-refractivity contribution is -0.138. The number of nitrogens with zero attached hydrogens (tertiary/aromatic N) is 1. The Morgan fingerprint density at radius 3 is 2.67 bits per heavy atom. The predicted octanol–water partition coefficient (Wildman–Crippen LogP) is 4.39. The van der Waals surface area contributed by atoms with Gasteiger partial charge in [0.15, 0.2) is 0 Å². The Hall–Kier alpha value is -2.53. The van der Waals surface area contributed by atoms with Gasteiger partial charge in [-0.25, -0.2) is 0 Å². The SMILES string of the molecule is Cc1ccc(N[C@H](C)C(=O)Nc2sccc2C#N)cc1C(F)(F)F. The highest BCUT2D eigenvalue weighted by atomic mass is 32.1. The molecule has 1 amide bonds. The maximum absolute atomic E-state index is 12.9. The summed E-state index contributed by atoms with van der Waals surface area (Å²) in [4.78, 5) is 12.1. The van der Waals surface area contributed by atoms with E-state index in [0.29, 0.717) is 10.6 Å². The zero-order valence-corrected chi connectivity index (χ0v) is 13.7. The molecule has 126 valence electrons. The van der Waals surface area contributed by atoms with Gasteiger partial charge < -0.3 is 10.6 Å². The molecule has 1 heterocycles. The van der Waals surface area contributed by atoms with E-state index in [2.05, 4.69) is 10.6 Å². The van der Waals surface area contributed by atoms with Gasteiger partial charge >= 0.3 is 6.18 Å². The lowest BCUT2D eigenvalue weighted by atomic mass is 10.1. The highest BCUT2D eigenvalue weighted by Gasteiger charge is 2.32. The Morgan fingerprint density at radius 2 is 2.04 bits per heavy atom. The number of rotatable bonds is 4. The van der Waals surface area contributed by atoms with Crippen LogP contribution in [0.5, 0.6) is 0 Å². The third-order valence-corrected chi connectivity index (χ3v) is 4.17. The van der Waals surface area contributed by atoms with Crippen molar-refractivity contribution in [1.29, 1.82) is 5.26 Å². The molecule has 0 radical (unpaired) electrons. The van der Waals surface area contributed by atoms with Gasteiger partial charge in [0.1, 0.15) is 17.1 Å². The van der Waals surface area contributed by atoms with Crippen LogP contribution in [-0.2, 0) is 11.0 Å². The number of nitriles is 1. The van der Waals surface area contributed by atoms with Crippen LogP contribution in [0, 0.1) is 18.3 Å². The topological polar surface area (TPSA) is 64.9 Å². The van der Waals surface area contributed by atoms with Crippen molar-refractivity contribution in [2.24, 2.45) is 0 Å². The summed E-state index contributed by atoms with van der Waals surface area (Å²) in [6, 6.07) is 6.57. The van der Waals surface area contributed by atoms with Gasteiger partial charge in [-0.3, -0.25) is 4.79 Å². The second kappa shape index (κ2) is 6.93. The van der Waals surface area contributed by atoms with E-state index in [1.165, 1.54) is 37.3 Å². The maximum Gasteiger partial charge on any atom is 0.416 e. The molecule has 0 fully saturated rings. The Bertz CT molecular complexity index is 793. The van der Waals surface area contributed by atoms with E-state index >= 15 is 0 Å². The summed E-state index contributed by atoms with van der Waals surface area (Å²) in [6.45, 7) is 2.91. The standard InChI is InChI=1S/C16H14F3N3OS/c1-9-3-4-12(7-13(9)16(17,18)19)21-10(2)14(23)22-15-11(8-20)5-6-24-15/h3-7,10,21H,1-2H3,(H,22,23)/t10-/m1/s1. The van der Waals surface area contributed by atoms with Gasteiger partial charge in [-0.05, 0) is 43.0 Å². The number of carbonyl (C=O) groups is 1. The van der Waals surface area contributed by atoms with Crippen molar-refractivity contribution in [3.05, 3.63) is 46.3 Å². The van der Waals surface area contributed by atoms with Gasteiger partial charge in [0.2, 0.25) is 5.91 Å². The minimum Gasteiger partial charge on any atom is -0.374 e. The van der Waals surface area contributed by atoms with Crippen LogP contribution in [0.25, 0.3) is 0 Å². The van der Waals surface area contributed by atoms with E-state index in [-0.39, 0.29) is 11.3 Å². The fraction of sp³-hybridized carbons (Fsp3) is 0.250. The number of hydrogen-bond acceptors (Lipinski definition) is 4. The molecule has 0 spiro atoms. The van der Waals surface area contributed by atoms with E-state index in [1.54, 1.807) is 11.4 Å². The Balaban J connectivity index is 2.11. The number of anilines is 2. The number of alkyl halides is 3. The highest BCUT2D eigenvalue weighted by Crippen LogP contribution is 2.33. The molecule has 4 nitrogen and oxygen atoms in total. The summed E-state index contributed by atoms with van der Waals surface area (Å²) < 4.78 is 38.8. The summed E-state index contributed by atoms with van der Waals surface area (Å²) in [5, 5.41) is 16.3. The first-order valence-electron chi connectivity index (χ1n) is 6.95. The van der Waals surface area contributed by atoms with Crippen LogP contribution in [0.1, 0.15) is 23.6 Å². The molecule has 8 heteroatoms. The molecule has 0 aliphatic rings. The molecule has 2 N–H and O–H groups in total. The number of thiophene rings is 1. The number of hydrogen-bond donors (Lipinski definition) is 2. The van der Waals surface area contributed by atoms with Crippen LogP contribution in [0.4, 0.5) is 23.9 Å². The molecule has 0 unspecified atom stereocenters. The fourth-order valence-corrected chi connectivity index (χ4v) is 2.79. The normalized spacial score (nSPS) is 12.3. The zero-order valence-electron chi connectivity index (χ0n) is 12.9. The first-order chi connectivity index (χ1) is 11.2. The van der Waals surface area contributed by atoms with E-state index in [0.717, 1.165) is 6.07 Å². The monoisotopic (exact) mass is 353 g/mol. The first kappa shape index (κ1) is 17.8. The van der Waals surface area contributed by atoms with Crippen LogP contribution >= 0.6 is 11.3 Å². The van der Waals surface area contributed by atoms with Crippen molar-refractivity contribution in [3.63, 3.8) is 0 Å². The Labute approximate surface area is 140 Å². The van der Waals surface area contributed by atoms with Crippen molar-refractivity contribution < 1.29 is 18.0 Å². The van der Waals surface area contributed by atoms with E-state index in [4.69, 9.17) is 5.26 Å². The molecular formula is C16H14F3N3OS. The number of amides is 1. The smallest absolute Gasteiger partial charge is 0.374 e. The average molecular weight is 353 g/mol. The van der Waals surface area contributed by atoms with E-state index in [1.807, 2.05) is 6.07 Å². The largest absolute Gasteiger partial charge is 0.416 e. The summed E-state index contributed by atoms with van der Waals surface area (Å²) >= 11 is 1.20. The molecule has 1 aromatic heterocycles. The van der Waals surface area contributed by atoms with Crippen LogP contribution < -0.4 is 10.6 Å². The summed E-state index contributed by atoms with van der Waals surface area (Å²) in [6.07, 6.45) is -4.45. The second-order valence-corrected chi connectivity index (χ2v) is 6.07. The molecule has 0 aliphatic carbocycles. The number of nitrogens with one attached hydrogen (secondary N) is 2. The van der Waals surface area contributed by atoms with Crippen molar-refractivity contribution in [1.82, 2.24) is 0 Å². The second-order valence-electron chi connectivity index (χ2n) is 5.16. The lowest BCUT2D eigenvalue weighted by Gasteiger charge is -2.17. The molecule has 2 rings (SSSR count). The molecule has 2 aromatic rings. The number of benzene rings is 1. The van der Waals surface area contributed by atoms with Gasteiger partial charge in [-0.15, -0.1) is 11.3 Å². The van der Waals surface area contributed by atoms with E-state index in [9.17, 15) is 18.0 Å². The molecule has 1 atom stereocenters. The number of carbonyl (C=O) groups excluding carboxylic acids is 1. The minimum atomic E-state index is -4.45. The van der Waals surface area contributed by atoms with Gasteiger partial charge in [0.25, 0.3) is 0 Å². The van der Waals surface area contributed by atoms with Crippen LogP contribution in [0.2, 0.25) is 0 Å². The third-order valence-electron chi connectivity index (χ3n) is 3.34. The molecule has 0 aliphatic heterocycles. The molecule has 24 heavy (non-hydrogen) atoms. The van der Waals surface area contributed by atoms with Crippen molar-refractivity contribution in [3.8, 4) is 6.07 Å². The van der Waals surface area contributed by atoms with Crippen molar-refractivity contribution in [2.75, 3.05) is 10.6 Å². The van der Waals surface area contributed by atoms with E-state index < -0.39 is 23.7 Å². The Morgan fingerprint density at radius 1 is 1.33 bits per heavy atom. The average Bonchev–Trinajstić information content (AvgIpc) is 2.95. The van der Waals surface area contributed by atoms with Gasteiger partial charge in [0.05, 0.1) is 11.1 Å². The zero-order chi connectivity index (χ0) is 17.9. The van der Waals surface area contributed by atoms with Gasteiger partial charge in [0, 0.05) is 5.69 Å². The highest BCUT2D eigenvalue weighted by molar-refractivity contribution is 7.14. The molecular weight excluding hydrogens is 339 g/mol. The maximum atomic E-state index is 12.9. The fourth-order valence-electron chi connectivity index (χ4n) is 2.05. The summed E-state index contributed by atoms with van der Waals surface area (Å²) in [7, 11) is 0.